The molecular weight excluding hydrogens is 841 g/mol. The van der Waals surface area contributed by atoms with Crippen molar-refractivity contribution in [2.45, 2.75) is 86.8 Å². The summed E-state index contributed by atoms with van der Waals surface area (Å²) in [5.74, 6) is -0.198. The van der Waals surface area contributed by atoms with E-state index >= 15 is 0 Å². The molecule has 7 aromatic rings. The fourth-order valence-corrected chi connectivity index (χ4v) is 8.16. The van der Waals surface area contributed by atoms with E-state index < -0.39 is 14.4 Å². The van der Waals surface area contributed by atoms with Gasteiger partial charge in [0.15, 0.2) is 0 Å². The average Bonchev–Trinajstić information content (AvgIpc) is 3.49. The molecule has 4 aromatic carbocycles. The van der Waals surface area contributed by atoms with Gasteiger partial charge < -0.3 is 14.4 Å². The van der Waals surface area contributed by atoms with Crippen LogP contribution < -0.4 is 5.19 Å². The molecule has 0 aliphatic heterocycles. The first-order chi connectivity index (χ1) is 26.6. The molecule has 3 heterocycles. The number of aryl methyl sites for hydroxylation is 3. The van der Waals surface area contributed by atoms with Crippen LogP contribution in [-0.4, -0.2) is 18.0 Å². The van der Waals surface area contributed by atoms with Gasteiger partial charge in [-0.2, -0.15) is 0 Å². The van der Waals surface area contributed by atoms with Crippen LogP contribution in [0.5, 0.6) is 0 Å². The number of fused-ring (bicyclic) bond motifs is 3. The van der Waals surface area contributed by atoms with E-state index in [1.54, 1.807) is 12.3 Å². The van der Waals surface area contributed by atoms with Crippen LogP contribution in [0.1, 0.15) is 69.3 Å². The predicted octanol–water partition coefficient (Wildman–Crippen LogP) is 12.6. The molecule has 0 unspecified atom stereocenters. The van der Waals surface area contributed by atoms with Gasteiger partial charge in [0, 0.05) is 43.4 Å². The molecule has 275 valence electrons. The summed E-state index contributed by atoms with van der Waals surface area (Å²) in [6.07, 6.45) is 2.13. The van der Waals surface area contributed by atoms with Crippen molar-refractivity contribution in [1.29, 1.82) is 0 Å². The molecule has 3 aromatic heterocycles. The molecule has 5 heteroatoms. The van der Waals surface area contributed by atoms with Crippen LogP contribution in [0.2, 0.25) is 19.6 Å². The summed E-state index contributed by atoms with van der Waals surface area (Å²) in [5, 5.41) is 3.19. The SMILES string of the molecule is Cc1cc(C)c(-c2ccc3c(c2)oc2c[c-]c(-c4cc(C(C)(C)C)ccn4)cc23)c(C)c1.[2H]c1[c-]c(-c2cc(C([2H])([2H])C(C)C)c([Si](C)(C)C)cn2)cc([2H])c1[2H].[Ir]. The van der Waals surface area contributed by atoms with Gasteiger partial charge in [0.1, 0.15) is 5.58 Å². The van der Waals surface area contributed by atoms with Crippen molar-refractivity contribution in [2.24, 2.45) is 5.92 Å². The molecule has 0 fully saturated rings. The van der Waals surface area contributed by atoms with Crippen LogP contribution in [0, 0.1) is 38.8 Å². The molecule has 0 bridgehead atoms. The summed E-state index contributed by atoms with van der Waals surface area (Å²) >= 11 is 0. The maximum atomic E-state index is 8.57. The zero-order chi connectivity index (χ0) is 41.8. The normalized spacial score (nSPS) is 13.4. The van der Waals surface area contributed by atoms with Gasteiger partial charge in [0.05, 0.1) is 13.7 Å². The predicted molar refractivity (Wildman–Crippen MR) is 224 cm³/mol. The van der Waals surface area contributed by atoms with E-state index in [1.165, 1.54) is 39.4 Å². The van der Waals surface area contributed by atoms with Gasteiger partial charge in [-0.15, -0.1) is 59.6 Å². The summed E-state index contributed by atoms with van der Waals surface area (Å²) in [6, 6.07) is 28.4. The third-order valence-electron chi connectivity index (χ3n) is 9.25. The quantitative estimate of drug-likeness (QED) is 0.123. The first-order valence-corrected chi connectivity index (χ1v) is 21.5. The van der Waals surface area contributed by atoms with Gasteiger partial charge in [-0.1, -0.05) is 107 Å². The first kappa shape index (κ1) is 33.4. The Bertz CT molecular complexity index is 2590. The Morgan fingerprint density at radius 3 is 2.19 bits per heavy atom. The van der Waals surface area contributed by atoms with Crippen LogP contribution >= 0.6 is 0 Å². The Kier molecular flexibility index (Phi) is 10.1. The van der Waals surface area contributed by atoms with Crippen molar-refractivity contribution in [3.05, 3.63) is 137 Å². The minimum Gasteiger partial charge on any atom is -0.500 e. The Labute approximate surface area is 338 Å². The van der Waals surface area contributed by atoms with Gasteiger partial charge in [0.2, 0.25) is 0 Å². The Balaban J connectivity index is 0.000000224. The summed E-state index contributed by atoms with van der Waals surface area (Å²) in [4.78, 5) is 9.08. The number of benzene rings is 4. The Morgan fingerprint density at radius 1 is 0.811 bits per heavy atom. The van der Waals surface area contributed by atoms with Crippen molar-refractivity contribution < 1.29 is 31.4 Å². The second kappa shape index (κ2) is 16.1. The standard InChI is InChI=1S/C30H28NO.C18H24NSi.Ir/c1-18-13-19(2)29(20(3)14-18)22-7-9-24-25-15-21(8-10-27(25)32-28(24)16-22)26-17-23(11-12-31-26)30(4,5)6;1-14(2)11-16-12-17(15-9-7-6-8-10-15)19-13-18(16)20(3,4)5;/h7,9-17H,1-6H3;6-9,12-14H,11H2,1-5H3;/q2*-1;/i;6D,7D,8D,11D2;. The molecule has 1 radical (unpaired) electrons. The first-order valence-electron chi connectivity index (χ1n) is 20.5. The van der Waals surface area contributed by atoms with E-state index in [0.29, 0.717) is 16.8 Å². The number of hydrogen-bond donors (Lipinski definition) is 0. The number of rotatable bonds is 6. The van der Waals surface area contributed by atoms with Gasteiger partial charge in [-0.25, -0.2) is 0 Å². The maximum absolute atomic E-state index is 8.57. The number of aromatic nitrogens is 2. The number of pyridine rings is 2. The van der Waals surface area contributed by atoms with Gasteiger partial charge in [0.25, 0.3) is 0 Å². The second-order valence-corrected chi connectivity index (χ2v) is 21.2. The molecule has 3 nitrogen and oxygen atoms in total. The van der Waals surface area contributed by atoms with Crippen LogP contribution in [0.25, 0.3) is 55.6 Å². The van der Waals surface area contributed by atoms with Gasteiger partial charge in [-0.05, 0) is 96.4 Å². The number of nitrogens with zero attached hydrogens (tertiary/aromatic N) is 2. The fourth-order valence-electron chi connectivity index (χ4n) is 6.75. The molecular formula is C48H52IrN2OSi-2. The largest absolute Gasteiger partial charge is 0.500 e. The monoisotopic (exact) mass is 898 g/mol. The molecule has 0 aliphatic carbocycles. The molecule has 0 aliphatic rings. The van der Waals surface area contributed by atoms with Crippen molar-refractivity contribution in [1.82, 2.24) is 9.97 Å². The van der Waals surface area contributed by atoms with Crippen LogP contribution in [0.3, 0.4) is 0 Å². The molecule has 0 amide bonds. The topological polar surface area (TPSA) is 38.9 Å². The van der Waals surface area contributed by atoms with Gasteiger partial charge >= 0.3 is 0 Å². The minimum absolute atomic E-state index is 0. The number of furan rings is 1. The third-order valence-corrected chi connectivity index (χ3v) is 11.3. The summed E-state index contributed by atoms with van der Waals surface area (Å²) < 4.78 is 46.6. The van der Waals surface area contributed by atoms with E-state index in [0.717, 1.165) is 38.4 Å². The van der Waals surface area contributed by atoms with Gasteiger partial charge in [-0.3, -0.25) is 0 Å². The Morgan fingerprint density at radius 2 is 1.53 bits per heavy atom. The summed E-state index contributed by atoms with van der Waals surface area (Å²) in [6.45, 7) is 23.4. The molecule has 0 atom stereocenters. The molecule has 0 saturated heterocycles. The third kappa shape index (κ3) is 9.15. The second-order valence-electron chi connectivity index (χ2n) is 16.1. The average molecular weight is 898 g/mol. The molecule has 0 N–H and O–H groups in total. The van der Waals surface area contributed by atoms with E-state index in [9.17, 15) is 0 Å². The van der Waals surface area contributed by atoms with Crippen LogP contribution in [-0.2, 0) is 31.9 Å². The zero-order valence-corrected chi connectivity index (χ0v) is 36.1. The molecule has 53 heavy (non-hydrogen) atoms. The van der Waals surface area contributed by atoms with E-state index in [1.807, 2.05) is 26.1 Å². The van der Waals surface area contributed by atoms with Crippen LogP contribution in [0.4, 0.5) is 0 Å². The summed E-state index contributed by atoms with van der Waals surface area (Å²) in [5.41, 5.74) is 12.9. The summed E-state index contributed by atoms with van der Waals surface area (Å²) in [7, 11) is -1.80. The van der Waals surface area contributed by atoms with Crippen molar-refractivity contribution in [2.75, 3.05) is 0 Å². The minimum atomic E-state index is -1.80. The fraction of sp³-hybridized carbons (Fsp3) is 0.292. The van der Waals surface area contributed by atoms with Crippen LogP contribution in [0.15, 0.2) is 102 Å². The van der Waals surface area contributed by atoms with E-state index in [2.05, 4.69) is 132 Å². The van der Waals surface area contributed by atoms with Crippen molar-refractivity contribution in [3.63, 3.8) is 0 Å². The molecule has 7 rings (SSSR count). The zero-order valence-electron chi connectivity index (χ0n) is 37.7. The Hall–Kier alpha value is -4.15. The smallest absolute Gasteiger partial charge is 0.121 e. The van der Waals surface area contributed by atoms with Crippen molar-refractivity contribution >= 4 is 35.2 Å². The van der Waals surface area contributed by atoms with Crippen molar-refractivity contribution in [3.8, 4) is 33.6 Å². The number of hydrogen-bond acceptors (Lipinski definition) is 3. The van der Waals surface area contributed by atoms with E-state index in [4.69, 9.17) is 11.3 Å². The molecule has 0 saturated carbocycles. The van der Waals surface area contributed by atoms with E-state index in [-0.39, 0.29) is 49.6 Å². The molecule has 0 spiro atoms. The maximum Gasteiger partial charge on any atom is 0.121 e.